The fourth-order valence-electron chi connectivity index (χ4n) is 2.99. The second-order valence-electron chi connectivity index (χ2n) is 6.68. The molecule has 0 bridgehead atoms. The molecular weight excluding hydrogens is 404 g/mol. The first-order chi connectivity index (χ1) is 13.8. The van der Waals surface area contributed by atoms with E-state index in [9.17, 15) is 13.2 Å². The van der Waals surface area contributed by atoms with Crippen molar-refractivity contribution in [2.75, 3.05) is 52.5 Å². The van der Waals surface area contributed by atoms with E-state index in [1.807, 2.05) is 0 Å². The molecule has 164 valence electrons. The highest BCUT2D eigenvalue weighted by Gasteiger charge is 2.16. The maximum Gasteiger partial charge on any atom is 0.338 e. The highest BCUT2D eigenvalue weighted by atomic mass is 32.2. The van der Waals surface area contributed by atoms with E-state index in [0.29, 0.717) is 12.8 Å². The summed E-state index contributed by atoms with van der Waals surface area (Å²) < 4.78 is 27.7. The number of primary sulfonamides is 1. The van der Waals surface area contributed by atoms with Gasteiger partial charge in [0.1, 0.15) is 0 Å². The zero-order valence-electron chi connectivity index (χ0n) is 16.1. The molecule has 0 saturated carbocycles. The number of carbonyl (C=O) groups is 1. The largest absolute Gasteiger partial charge is 0.462 e. The molecule has 4 N–H and O–H groups in total. The van der Waals surface area contributed by atoms with Crippen LogP contribution in [0.4, 0.5) is 0 Å². The van der Waals surface area contributed by atoms with Gasteiger partial charge >= 0.3 is 5.97 Å². The maximum absolute atomic E-state index is 12.0. The number of benzene rings is 1. The van der Waals surface area contributed by atoms with Crippen molar-refractivity contribution < 1.29 is 33.2 Å². The van der Waals surface area contributed by atoms with E-state index in [4.69, 9.17) is 20.3 Å². The predicted molar refractivity (Wildman–Crippen MR) is 102 cm³/mol. The van der Waals surface area contributed by atoms with Gasteiger partial charge in [-0.15, -0.1) is 0 Å². The number of nitrogens with zero attached hydrogens (tertiary/aromatic N) is 3. The number of sulfonamides is 1. The number of ether oxygens (including phenoxy) is 1. The number of piperazine rings is 1. The Morgan fingerprint density at radius 1 is 1.00 bits per heavy atom. The van der Waals surface area contributed by atoms with Crippen LogP contribution in [-0.4, -0.2) is 92.5 Å². The average Bonchev–Trinajstić information content (AvgIpc) is 2.68. The zero-order valence-corrected chi connectivity index (χ0v) is 17.0. The van der Waals surface area contributed by atoms with Gasteiger partial charge in [0.15, 0.2) is 0 Å². The van der Waals surface area contributed by atoms with E-state index < -0.39 is 16.0 Å². The van der Waals surface area contributed by atoms with Crippen molar-refractivity contribution in [3.8, 4) is 0 Å². The maximum atomic E-state index is 12.0. The summed E-state index contributed by atoms with van der Waals surface area (Å²) in [6.45, 7) is 5.82. The van der Waals surface area contributed by atoms with Gasteiger partial charge in [0.05, 0.1) is 29.1 Å². The molecule has 11 nitrogen and oxygen atoms in total. The molecule has 1 aromatic carbocycles. The standard InChI is InChI=1S/C17H28N4O7S/c18-29(25,26)16-5-3-15(4-6-16)17(22)27-13-1-7-19-9-11-20(12-10-19)8-2-14-28-21(23)24/h3-6,23-24H,1-2,7-14H2,(H2,18,25,26). The predicted octanol–water partition coefficient (Wildman–Crippen LogP) is -0.0994. The first-order valence-electron chi connectivity index (χ1n) is 9.31. The lowest BCUT2D eigenvalue weighted by atomic mass is 10.2. The molecule has 1 fully saturated rings. The Morgan fingerprint density at radius 2 is 1.52 bits per heavy atom. The summed E-state index contributed by atoms with van der Waals surface area (Å²) in [4.78, 5) is 21.1. The van der Waals surface area contributed by atoms with Crippen molar-refractivity contribution in [1.82, 2.24) is 15.2 Å². The Kier molecular flexibility index (Phi) is 9.39. The van der Waals surface area contributed by atoms with Crippen LogP contribution in [0.5, 0.6) is 0 Å². The number of hydrogen-bond acceptors (Lipinski definition) is 10. The Hall–Kier alpha value is -1.64. The number of rotatable bonds is 11. The molecular formula is C17H28N4O7S. The van der Waals surface area contributed by atoms with E-state index in [1.165, 1.54) is 24.3 Å². The minimum Gasteiger partial charge on any atom is -0.462 e. The first kappa shape index (κ1) is 23.6. The molecule has 29 heavy (non-hydrogen) atoms. The number of hydrogen-bond donors (Lipinski definition) is 3. The molecule has 0 aromatic heterocycles. The van der Waals surface area contributed by atoms with Gasteiger partial charge in [0.25, 0.3) is 0 Å². The lowest BCUT2D eigenvalue weighted by molar-refractivity contribution is -0.492. The second-order valence-corrected chi connectivity index (χ2v) is 8.24. The van der Waals surface area contributed by atoms with Crippen molar-refractivity contribution in [2.24, 2.45) is 5.14 Å². The normalized spacial score (nSPS) is 16.3. The van der Waals surface area contributed by atoms with E-state index in [-0.39, 0.29) is 29.1 Å². The molecule has 1 heterocycles. The summed E-state index contributed by atoms with van der Waals surface area (Å²) in [5, 5.41) is 21.7. The third kappa shape index (κ3) is 8.72. The van der Waals surface area contributed by atoms with Crippen LogP contribution in [0, 0.1) is 0 Å². The summed E-state index contributed by atoms with van der Waals surface area (Å²) in [6, 6.07) is 5.32. The summed E-state index contributed by atoms with van der Waals surface area (Å²) in [7, 11) is -3.78. The van der Waals surface area contributed by atoms with Crippen LogP contribution in [0.25, 0.3) is 0 Å². The molecule has 1 aromatic rings. The van der Waals surface area contributed by atoms with Crippen LogP contribution < -0.4 is 5.14 Å². The van der Waals surface area contributed by atoms with E-state index in [1.54, 1.807) is 0 Å². The average molecular weight is 432 g/mol. The van der Waals surface area contributed by atoms with Crippen LogP contribution in [0.3, 0.4) is 0 Å². The lowest BCUT2D eigenvalue weighted by Gasteiger charge is -2.34. The fraction of sp³-hybridized carbons (Fsp3) is 0.588. The Bertz CT molecular complexity index is 735. The SMILES string of the molecule is NS(=O)(=O)c1ccc(C(=O)OCCCN2CCN(CCCON(O)O)CC2)cc1. The van der Waals surface area contributed by atoms with Crippen LogP contribution in [0.2, 0.25) is 0 Å². The topological polar surface area (TPSA) is 146 Å². The van der Waals surface area contributed by atoms with Gasteiger partial charge in [0.2, 0.25) is 10.0 Å². The molecule has 0 unspecified atom stereocenters. The third-order valence-electron chi connectivity index (χ3n) is 4.56. The molecule has 0 radical (unpaired) electrons. The summed E-state index contributed by atoms with van der Waals surface area (Å²) in [5.74, 6) is -0.498. The van der Waals surface area contributed by atoms with E-state index in [2.05, 4.69) is 14.6 Å². The number of nitrogens with two attached hydrogens (primary N) is 1. The van der Waals surface area contributed by atoms with Crippen molar-refractivity contribution in [3.63, 3.8) is 0 Å². The van der Waals surface area contributed by atoms with Gasteiger partial charge in [-0.3, -0.25) is 15.3 Å². The van der Waals surface area contributed by atoms with Gasteiger partial charge in [-0.1, -0.05) is 0 Å². The van der Waals surface area contributed by atoms with Crippen molar-refractivity contribution in [2.45, 2.75) is 17.7 Å². The van der Waals surface area contributed by atoms with Crippen LogP contribution >= 0.6 is 0 Å². The van der Waals surface area contributed by atoms with E-state index in [0.717, 1.165) is 39.3 Å². The van der Waals surface area contributed by atoms with Crippen molar-refractivity contribution in [3.05, 3.63) is 29.8 Å². The van der Waals surface area contributed by atoms with Crippen molar-refractivity contribution >= 4 is 16.0 Å². The zero-order chi connectivity index (χ0) is 21.3. The smallest absolute Gasteiger partial charge is 0.338 e. The molecule has 0 atom stereocenters. The second kappa shape index (κ2) is 11.5. The van der Waals surface area contributed by atoms with Crippen molar-refractivity contribution in [1.29, 1.82) is 0 Å². The summed E-state index contributed by atoms with van der Waals surface area (Å²) in [6.07, 6.45) is 1.41. The van der Waals surface area contributed by atoms with Gasteiger partial charge < -0.3 is 14.5 Å². The third-order valence-corrected chi connectivity index (χ3v) is 5.49. The van der Waals surface area contributed by atoms with Gasteiger partial charge in [-0.25, -0.2) is 18.4 Å². The Balaban J connectivity index is 1.58. The molecule has 12 heteroatoms. The van der Waals surface area contributed by atoms with Gasteiger partial charge in [0, 0.05) is 39.3 Å². The number of carbonyl (C=O) groups excluding carboxylic acids is 1. The molecule has 0 amide bonds. The lowest BCUT2D eigenvalue weighted by Crippen LogP contribution is -2.47. The first-order valence-corrected chi connectivity index (χ1v) is 10.9. The minimum atomic E-state index is -3.78. The van der Waals surface area contributed by atoms with Gasteiger partial charge in [-0.05, 0) is 37.1 Å². The highest BCUT2D eigenvalue weighted by molar-refractivity contribution is 7.89. The molecule has 1 aliphatic heterocycles. The molecule has 2 rings (SSSR count). The minimum absolute atomic E-state index is 0.0514. The molecule has 0 spiro atoms. The Morgan fingerprint density at radius 3 is 2.00 bits per heavy atom. The quantitative estimate of drug-likeness (QED) is 0.246. The number of esters is 1. The van der Waals surface area contributed by atoms with Crippen LogP contribution in [0.15, 0.2) is 29.2 Å². The molecule has 1 aliphatic rings. The monoisotopic (exact) mass is 432 g/mol. The summed E-state index contributed by atoms with van der Waals surface area (Å²) >= 11 is 0. The molecule has 1 saturated heterocycles. The summed E-state index contributed by atoms with van der Waals surface area (Å²) in [5.41, 5.74) is 0.278. The van der Waals surface area contributed by atoms with Crippen LogP contribution in [0.1, 0.15) is 23.2 Å². The van der Waals surface area contributed by atoms with Gasteiger partial charge in [-0.2, -0.15) is 0 Å². The highest BCUT2D eigenvalue weighted by Crippen LogP contribution is 2.10. The molecule has 0 aliphatic carbocycles. The van der Waals surface area contributed by atoms with Crippen LogP contribution in [-0.2, 0) is 19.6 Å². The fourth-order valence-corrected chi connectivity index (χ4v) is 3.50. The van der Waals surface area contributed by atoms with E-state index >= 15 is 0 Å². The Labute approximate surface area is 170 Å².